The van der Waals surface area contributed by atoms with Gasteiger partial charge in [0.1, 0.15) is 17.2 Å². The van der Waals surface area contributed by atoms with E-state index in [1.807, 2.05) is 30.3 Å². The smallest absolute Gasteiger partial charge is 0.354 e. The molecule has 4 heterocycles. The Hall–Kier alpha value is -4.35. The maximum Gasteiger partial charge on any atom is 0.354 e. The second-order valence-electron chi connectivity index (χ2n) is 9.31. The van der Waals surface area contributed by atoms with Crippen molar-refractivity contribution in [2.75, 3.05) is 51.0 Å². The second kappa shape index (κ2) is 11.4. The quantitative estimate of drug-likeness (QED) is 0.304. The summed E-state index contributed by atoms with van der Waals surface area (Å²) in [5, 5.41) is 6.79. The van der Waals surface area contributed by atoms with Gasteiger partial charge in [-0.3, -0.25) is 15.0 Å². The molecule has 3 aromatic heterocycles. The molecule has 0 bridgehead atoms. The topological polar surface area (TPSA) is 128 Å². The predicted molar refractivity (Wildman–Crippen MR) is 144 cm³/mol. The minimum atomic E-state index is -0.445. The van der Waals surface area contributed by atoms with Gasteiger partial charge in [0, 0.05) is 62.6 Å². The molecule has 1 fully saturated rings. The summed E-state index contributed by atoms with van der Waals surface area (Å²) < 4.78 is 4.75. The van der Waals surface area contributed by atoms with Gasteiger partial charge >= 0.3 is 5.97 Å². The zero-order valence-corrected chi connectivity index (χ0v) is 21.4. The van der Waals surface area contributed by atoms with Crippen molar-refractivity contribution in [3.8, 4) is 0 Å². The number of amides is 1. The Labute approximate surface area is 220 Å². The lowest BCUT2D eigenvalue weighted by Gasteiger charge is -2.32. The highest BCUT2D eigenvalue weighted by Crippen LogP contribution is 2.17. The molecule has 11 heteroatoms. The third kappa shape index (κ3) is 6.13. The molecule has 0 radical (unpaired) electrons. The number of aromatic amines is 1. The number of carbonyl (C=O) groups is 2. The molecule has 4 aromatic rings. The number of likely N-dealkylation sites (N-methyl/N-ethyl adjacent to an activating group) is 1. The normalized spacial score (nSPS) is 14.4. The van der Waals surface area contributed by atoms with Crippen molar-refractivity contribution in [1.82, 2.24) is 29.7 Å². The lowest BCUT2D eigenvalue weighted by molar-refractivity contribution is 0.0595. The molecule has 5 rings (SSSR count). The van der Waals surface area contributed by atoms with Crippen LogP contribution in [-0.4, -0.2) is 81.9 Å². The molecule has 0 atom stereocenters. The third-order valence-corrected chi connectivity index (χ3v) is 6.50. The van der Waals surface area contributed by atoms with Gasteiger partial charge in [-0.25, -0.2) is 14.8 Å². The molecule has 3 N–H and O–H groups in total. The minimum absolute atomic E-state index is 0.212. The van der Waals surface area contributed by atoms with E-state index in [0.717, 1.165) is 43.7 Å². The number of esters is 1. The predicted octanol–water partition coefficient (Wildman–Crippen LogP) is 2.75. The van der Waals surface area contributed by atoms with Gasteiger partial charge in [-0.2, -0.15) is 4.98 Å². The zero-order chi connectivity index (χ0) is 26.5. The first-order valence-corrected chi connectivity index (χ1v) is 12.4. The number of anilines is 2. The molecular weight excluding hydrogens is 484 g/mol. The molecule has 0 unspecified atom stereocenters. The van der Waals surface area contributed by atoms with Crippen LogP contribution in [0, 0.1) is 0 Å². The number of nitrogens with one attached hydrogen (secondary N) is 3. The van der Waals surface area contributed by atoms with E-state index in [2.05, 4.69) is 47.4 Å². The van der Waals surface area contributed by atoms with Crippen LogP contribution in [0.5, 0.6) is 0 Å². The Morgan fingerprint density at radius 1 is 1.03 bits per heavy atom. The summed E-state index contributed by atoms with van der Waals surface area (Å²) in [4.78, 5) is 45.1. The Bertz CT molecular complexity index is 1430. The maximum atomic E-state index is 12.8. The van der Waals surface area contributed by atoms with Crippen LogP contribution >= 0.6 is 0 Å². The van der Waals surface area contributed by atoms with Crippen molar-refractivity contribution in [2.24, 2.45) is 0 Å². The van der Waals surface area contributed by atoms with E-state index in [4.69, 9.17) is 4.74 Å². The van der Waals surface area contributed by atoms with E-state index >= 15 is 0 Å². The average Bonchev–Trinajstić information content (AvgIpc) is 3.37. The van der Waals surface area contributed by atoms with Crippen LogP contribution in [0.4, 0.5) is 11.8 Å². The van der Waals surface area contributed by atoms with E-state index < -0.39 is 5.97 Å². The number of methoxy groups -OCH3 is 1. The molecule has 1 aromatic carbocycles. The zero-order valence-electron chi connectivity index (χ0n) is 21.4. The number of rotatable bonds is 8. The number of hydrogen-bond donors (Lipinski definition) is 3. The van der Waals surface area contributed by atoms with Crippen LogP contribution in [0.2, 0.25) is 0 Å². The molecule has 11 nitrogen and oxygen atoms in total. The number of pyridine rings is 1. The molecule has 196 valence electrons. The average molecular weight is 515 g/mol. The standard InChI is InChI=1S/C27H30N8O3/c1-34-9-11-35(12-10-34)17-18-3-5-20(6-4-18)25(36)33-27-28-8-7-23(32-27)29-15-19-13-21-14-22(26(37)38-2)31-24(21)30-16-19/h3-8,13-14,16H,9-12,15,17H2,1-2H3,(H,30,31)(H2,28,29,32,33,36). The molecular formula is C27H30N8O3. The van der Waals surface area contributed by atoms with Gasteiger partial charge in [0.2, 0.25) is 5.95 Å². The van der Waals surface area contributed by atoms with Crippen molar-refractivity contribution in [3.63, 3.8) is 0 Å². The van der Waals surface area contributed by atoms with E-state index in [1.54, 1.807) is 24.5 Å². The van der Waals surface area contributed by atoms with Crippen LogP contribution in [-0.2, 0) is 17.8 Å². The molecule has 38 heavy (non-hydrogen) atoms. The van der Waals surface area contributed by atoms with Crippen molar-refractivity contribution in [2.45, 2.75) is 13.1 Å². The fourth-order valence-electron chi connectivity index (χ4n) is 4.29. The van der Waals surface area contributed by atoms with Gasteiger partial charge in [0.05, 0.1) is 7.11 Å². The lowest BCUT2D eigenvalue weighted by atomic mass is 10.1. The molecule has 1 saturated heterocycles. The second-order valence-corrected chi connectivity index (χ2v) is 9.31. The van der Waals surface area contributed by atoms with E-state index in [9.17, 15) is 9.59 Å². The lowest BCUT2D eigenvalue weighted by Crippen LogP contribution is -2.43. The van der Waals surface area contributed by atoms with Crippen molar-refractivity contribution >= 4 is 34.7 Å². The van der Waals surface area contributed by atoms with Crippen LogP contribution in [0.1, 0.15) is 32.0 Å². The van der Waals surface area contributed by atoms with Gasteiger partial charge in [-0.1, -0.05) is 12.1 Å². The van der Waals surface area contributed by atoms with E-state index in [0.29, 0.717) is 29.3 Å². The van der Waals surface area contributed by atoms with Gasteiger partial charge in [-0.05, 0) is 48.5 Å². The monoisotopic (exact) mass is 514 g/mol. The number of ether oxygens (including phenoxy) is 1. The van der Waals surface area contributed by atoms with Crippen LogP contribution in [0.3, 0.4) is 0 Å². The first kappa shape index (κ1) is 25.3. The van der Waals surface area contributed by atoms with Gasteiger partial charge in [0.15, 0.2) is 0 Å². The highest BCUT2D eigenvalue weighted by molar-refractivity contribution is 6.03. The SMILES string of the molecule is COC(=O)c1cc2cc(CNc3ccnc(NC(=O)c4ccc(CN5CCN(C)CC5)cc4)n3)cnc2[nH]1. The Kier molecular flexibility index (Phi) is 7.57. The summed E-state index contributed by atoms with van der Waals surface area (Å²) in [6, 6.07) is 13.0. The number of hydrogen-bond acceptors (Lipinski definition) is 9. The highest BCUT2D eigenvalue weighted by Gasteiger charge is 2.15. The number of nitrogens with zero attached hydrogens (tertiary/aromatic N) is 5. The van der Waals surface area contributed by atoms with Gasteiger partial charge in [-0.15, -0.1) is 0 Å². The van der Waals surface area contributed by atoms with Crippen LogP contribution in [0.25, 0.3) is 11.0 Å². The minimum Gasteiger partial charge on any atom is -0.464 e. The largest absolute Gasteiger partial charge is 0.464 e. The van der Waals surface area contributed by atoms with E-state index in [-0.39, 0.29) is 11.9 Å². The van der Waals surface area contributed by atoms with Gasteiger partial charge < -0.3 is 19.9 Å². The molecule has 1 aliphatic heterocycles. The molecule has 0 aliphatic carbocycles. The van der Waals surface area contributed by atoms with Gasteiger partial charge in [0.25, 0.3) is 5.91 Å². The van der Waals surface area contributed by atoms with E-state index in [1.165, 1.54) is 12.7 Å². The summed E-state index contributed by atoms with van der Waals surface area (Å²) in [7, 11) is 3.48. The summed E-state index contributed by atoms with van der Waals surface area (Å²) in [6.07, 6.45) is 3.30. The Morgan fingerprint density at radius 3 is 2.58 bits per heavy atom. The number of carbonyl (C=O) groups excluding carboxylic acids is 2. The molecule has 1 amide bonds. The Balaban J connectivity index is 1.16. The van der Waals surface area contributed by atoms with Crippen molar-refractivity contribution in [1.29, 1.82) is 0 Å². The molecule has 0 saturated carbocycles. The Morgan fingerprint density at radius 2 is 1.82 bits per heavy atom. The summed E-state index contributed by atoms with van der Waals surface area (Å²) >= 11 is 0. The first-order valence-electron chi connectivity index (χ1n) is 12.4. The summed E-state index contributed by atoms with van der Waals surface area (Å²) in [5.74, 6) is 0.0577. The number of aromatic nitrogens is 4. The number of H-pyrrole nitrogens is 1. The summed E-state index contributed by atoms with van der Waals surface area (Å²) in [6.45, 7) is 5.57. The first-order chi connectivity index (χ1) is 18.5. The fraction of sp³-hybridized carbons (Fsp3) is 0.296. The maximum absolute atomic E-state index is 12.8. The molecule has 1 aliphatic rings. The number of fused-ring (bicyclic) bond motifs is 1. The number of piperazine rings is 1. The third-order valence-electron chi connectivity index (χ3n) is 6.50. The van der Waals surface area contributed by atoms with Crippen LogP contribution in [0.15, 0.2) is 54.9 Å². The number of benzene rings is 1. The fourth-order valence-corrected chi connectivity index (χ4v) is 4.29. The molecule has 0 spiro atoms. The summed E-state index contributed by atoms with van der Waals surface area (Å²) in [5.41, 5.74) is 3.58. The van der Waals surface area contributed by atoms with Crippen molar-refractivity contribution in [3.05, 3.63) is 77.2 Å². The highest BCUT2D eigenvalue weighted by atomic mass is 16.5. The van der Waals surface area contributed by atoms with Crippen LogP contribution < -0.4 is 10.6 Å². The van der Waals surface area contributed by atoms with Crippen molar-refractivity contribution < 1.29 is 14.3 Å².